The van der Waals surface area contributed by atoms with Gasteiger partial charge in [0.15, 0.2) is 6.61 Å². The van der Waals surface area contributed by atoms with Crippen molar-refractivity contribution in [2.45, 2.75) is 39.5 Å². The molecule has 0 aliphatic heterocycles. The van der Waals surface area contributed by atoms with Gasteiger partial charge in [0.25, 0.3) is 5.91 Å². The normalized spacial score (nSPS) is 13.2. The lowest BCUT2D eigenvalue weighted by molar-refractivity contribution is -0.123. The molecule has 0 radical (unpaired) electrons. The minimum atomic E-state index is -0.890. The molecule has 2 heterocycles. The fourth-order valence-electron chi connectivity index (χ4n) is 4.07. The average molecular weight is 486 g/mol. The Labute approximate surface area is 200 Å². The number of hydrazone groups is 1. The largest absolute Gasteiger partial charge is 0.484 e. The van der Waals surface area contributed by atoms with Crippen molar-refractivity contribution in [2.75, 3.05) is 6.61 Å². The number of halogens is 1. The number of nitrogens with zero attached hydrogens (tertiary/aromatic N) is 2. The zero-order valence-electron chi connectivity index (χ0n) is 18.4. The summed E-state index contributed by atoms with van der Waals surface area (Å²) in [5, 5.41) is 15.2. The van der Waals surface area contributed by atoms with E-state index in [9.17, 15) is 14.7 Å². The predicted molar refractivity (Wildman–Crippen MR) is 129 cm³/mol. The third-order valence-corrected chi connectivity index (χ3v) is 7.11. The Bertz CT molecular complexity index is 1240. The topological polar surface area (TPSA) is 92.9 Å². The van der Waals surface area contributed by atoms with Crippen molar-refractivity contribution >= 4 is 41.0 Å². The van der Waals surface area contributed by atoms with Gasteiger partial charge in [0, 0.05) is 26.9 Å². The molecule has 3 aromatic rings. The quantitative estimate of drug-likeness (QED) is 0.367. The van der Waals surface area contributed by atoms with E-state index in [-0.39, 0.29) is 6.61 Å². The summed E-state index contributed by atoms with van der Waals surface area (Å²) in [4.78, 5) is 25.3. The minimum Gasteiger partial charge on any atom is -0.484 e. The number of carboxylic acids is 1. The highest BCUT2D eigenvalue weighted by atomic mass is 35.5. The van der Waals surface area contributed by atoms with Gasteiger partial charge in [0.05, 0.1) is 11.8 Å². The summed E-state index contributed by atoms with van der Waals surface area (Å²) in [5.41, 5.74) is 6.41. The molecule has 0 unspecified atom stereocenters. The molecule has 172 valence electrons. The van der Waals surface area contributed by atoms with Gasteiger partial charge < -0.3 is 14.4 Å². The van der Waals surface area contributed by atoms with Crippen LogP contribution in [0.5, 0.6) is 5.75 Å². The van der Waals surface area contributed by atoms with Crippen LogP contribution < -0.4 is 10.2 Å². The third-order valence-electron chi connectivity index (χ3n) is 5.60. The molecule has 33 heavy (non-hydrogen) atoms. The molecule has 0 bridgehead atoms. The Morgan fingerprint density at radius 1 is 1.27 bits per heavy atom. The van der Waals surface area contributed by atoms with E-state index in [1.807, 2.05) is 24.5 Å². The zero-order chi connectivity index (χ0) is 23.5. The number of carbonyl (C=O) groups excluding carboxylic acids is 1. The van der Waals surface area contributed by atoms with Crippen LogP contribution in [0.2, 0.25) is 5.02 Å². The number of hydrogen-bond acceptors (Lipinski definition) is 5. The van der Waals surface area contributed by atoms with Gasteiger partial charge in [-0.2, -0.15) is 5.10 Å². The fraction of sp³-hybridized carbons (Fsp3) is 0.292. The number of carboxylic acid groups (broad SMARTS) is 1. The fourth-order valence-corrected chi connectivity index (χ4v) is 5.74. The Morgan fingerprint density at radius 3 is 2.82 bits per heavy atom. The van der Waals surface area contributed by atoms with E-state index in [0.29, 0.717) is 16.3 Å². The number of nitrogens with one attached hydrogen (secondary N) is 1. The number of amides is 1. The van der Waals surface area contributed by atoms with Crippen molar-refractivity contribution in [1.82, 2.24) is 9.99 Å². The SMILES string of the molecule is Cc1cc(/C=N/NC(=O)COc2cccc(Cl)c2)c(C)n1-c1sc2c(c1C(=O)O)CCCC2. The third kappa shape index (κ3) is 4.96. The maximum atomic E-state index is 12.1. The first-order chi connectivity index (χ1) is 15.8. The second-order valence-corrected chi connectivity index (χ2v) is 9.42. The van der Waals surface area contributed by atoms with Crippen molar-refractivity contribution in [3.05, 3.63) is 68.3 Å². The van der Waals surface area contributed by atoms with Crippen LogP contribution in [0.25, 0.3) is 5.00 Å². The van der Waals surface area contributed by atoms with Crippen LogP contribution in [0, 0.1) is 13.8 Å². The van der Waals surface area contributed by atoms with Crippen LogP contribution in [0.1, 0.15) is 50.6 Å². The molecule has 1 aromatic carbocycles. The highest BCUT2D eigenvalue weighted by Gasteiger charge is 2.27. The van der Waals surface area contributed by atoms with E-state index >= 15 is 0 Å². The lowest BCUT2D eigenvalue weighted by Gasteiger charge is -2.11. The van der Waals surface area contributed by atoms with Gasteiger partial charge in [-0.3, -0.25) is 4.79 Å². The van der Waals surface area contributed by atoms with Crippen molar-refractivity contribution in [1.29, 1.82) is 0 Å². The first-order valence-electron chi connectivity index (χ1n) is 10.6. The van der Waals surface area contributed by atoms with Crippen LogP contribution in [0.3, 0.4) is 0 Å². The van der Waals surface area contributed by atoms with Crippen molar-refractivity contribution in [2.24, 2.45) is 5.10 Å². The summed E-state index contributed by atoms with van der Waals surface area (Å²) in [7, 11) is 0. The van der Waals surface area contributed by atoms with Crippen molar-refractivity contribution < 1.29 is 19.4 Å². The molecule has 7 nitrogen and oxygen atoms in total. The zero-order valence-corrected chi connectivity index (χ0v) is 19.9. The molecule has 0 fully saturated rings. The summed E-state index contributed by atoms with van der Waals surface area (Å²) in [6.07, 6.45) is 5.41. The van der Waals surface area contributed by atoms with Gasteiger partial charge >= 0.3 is 5.97 Å². The number of carbonyl (C=O) groups is 2. The first kappa shape index (κ1) is 23.1. The molecule has 1 aliphatic rings. The average Bonchev–Trinajstić information content (AvgIpc) is 3.29. The molecular formula is C24H24ClN3O4S. The van der Waals surface area contributed by atoms with Crippen molar-refractivity contribution in [3.63, 3.8) is 0 Å². The maximum Gasteiger partial charge on any atom is 0.339 e. The Morgan fingerprint density at radius 2 is 2.06 bits per heavy atom. The molecule has 0 spiro atoms. The number of thiophene rings is 1. The van der Waals surface area contributed by atoms with Crippen LogP contribution in [-0.2, 0) is 17.6 Å². The van der Waals surface area contributed by atoms with Gasteiger partial charge in [0.1, 0.15) is 10.8 Å². The molecule has 9 heteroatoms. The molecule has 1 amide bonds. The highest BCUT2D eigenvalue weighted by molar-refractivity contribution is 7.15. The molecule has 0 saturated heterocycles. The Kier molecular flexibility index (Phi) is 6.85. The van der Waals surface area contributed by atoms with E-state index in [4.69, 9.17) is 16.3 Å². The summed E-state index contributed by atoms with van der Waals surface area (Å²) in [6, 6.07) is 8.73. The maximum absolute atomic E-state index is 12.1. The van der Waals surface area contributed by atoms with Crippen LogP contribution >= 0.6 is 22.9 Å². The van der Waals surface area contributed by atoms with Gasteiger partial charge in [-0.1, -0.05) is 17.7 Å². The summed E-state index contributed by atoms with van der Waals surface area (Å²) in [6.45, 7) is 3.66. The summed E-state index contributed by atoms with van der Waals surface area (Å²) < 4.78 is 7.37. The lowest BCUT2D eigenvalue weighted by Crippen LogP contribution is -2.24. The predicted octanol–water partition coefficient (Wildman–Crippen LogP) is 4.92. The van der Waals surface area contributed by atoms with E-state index in [0.717, 1.165) is 53.2 Å². The molecule has 0 atom stereocenters. The number of benzene rings is 1. The standard InChI is InChI=1S/C24H24ClN3O4S/c1-14-10-16(12-26-27-21(29)13-32-18-7-5-6-17(25)11-18)15(2)28(14)23-22(24(30)31)19-8-3-4-9-20(19)33-23/h5-7,10-12H,3-4,8-9,13H2,1-2H3,(H,27,29)(H,30,31)/b26-12+. The number of aryl methyl sites for hydroxylation is 2. The van der Waals surface area contributed by atoms with E-state index in [1.165, 1.54) is 4.88 Å². The minimum absolute atomic E-state index is 0.195. The molecular weight excluding hydrogens is 462 g/mol. The molecule has 1 aliphatic carbocycles. The molecule has 2 N–H and O–H groups in total. The molecule has 0 saturated carbocycles. The number of aromatic nitrogens is 1. The number of aromatic carboxylic acids is 1. The smallest absolute Gasteiger partial charge is 0.339 e. The van der Waals surface area contributed by atoms with E-state index in [1.54, 1.807) is 41.8 Å². The van der Waals surface area contributed by atoms with E-state index in [2.05, 4.69) is 10.5 Å². The highest BCUT2D eigenvalue weighted by Crippen LogP contribution is 2.38. The summed E-state index contributed by atoms with van der Waals surface area (Å²) >= 11 is 7.47. The molecule has 4 rings (SSSR count). The van der Waals surface area contributed by atoms with Crippen molar-refractivity contribution in [3.8, 4) is 10.8 Å². The van der Waals surface area contributed by atoms with Gasteiger partial charge in [-0.25, -0.2) is 10.2 Å². The first-order valence-corrected chi connectivity index (χ1v) is 11.8. The second-order valence-electron chi connectivity index (χ2n) is 7.90. The Balaban J connectivity index is 1.49. The number of ether oxygens (including phenoxy) is 1. The Hall–Kier alpha value is -3.10. The van der Waals surface area contributed by atoms with Gasteiger partial charge in [-0.15, -0.1) is 11.3 Å². The van der Waals surface area contributed by atoms with Gasteiger partial charge in [-0.05, 0) is 69.4 Å². The monoisotopic (exact) mass is 485 g/mol. The number of hydrogen-bond donors (Lipinski definition) is 2. The second kappa shape index (κ2) is 9.80. The number of fused-ring (bicyclic) bond motifs is 1. The van der Waals surface area contributed by atoms with E-state index < -0.39 is 11.9 Å². The van der Waals surface area contributed by atoms with Crippen LogP contribution in [0.15, 0.2) is 35.4 Å². The van der Waals surface area contributed by atoms with Crippen LogP contribution in [-0.4, -0.2) is 34.4 Å². The summed E-state index contributed by atoms with van der Waals surface area (Å²) in [5.74, 6) is -0.795. The van der Waals surface area contributed by atoms with Gasteiger partial charge in [0.2, 0.25) is 0 Å². The number of rotatable bonds is 7. The molecule has 2 aromatic heterocycles. The lowest BCUT2D eigenvalue weighted by atomic mass is 9.95. The van der Waals surface area contributed by atoms with Crippen LogP contribution in [0.4, 0.5) is 0 Å².